The fourth-order valence-electron chi connectivity index (χ4n) is 1.01. The maximum absolute atomic E-state index is 3.80. The Morgan fingerprint density at radius 2 is 1.64 bits per heavy atom. The molecule has 0 atom stereocenters. The van der Waals surface area contributed by atoms with Gasteiger partial charge in [0, 0.05) is 0 Å². The molecule has 0 saturated heterocycles. The van der Waals surface area contributed by atoms with Gasteiger partial charge in [0.1, 0.15) is 0 Å². The molecule has 0 heteroatoms. The van der Waals surface area contributed by atoms with Gasteiger partial charge in [-0.15, -0.1) is 0 Å². The standard InChI is InChI=1S/C11H21/c1-3-5-7-9-11-10-8-6-4-2/h9,11H,1,3-8,10H2,2H3/b11-9-. The zero-order valence-corrected chi connectivity index (χ0v) is 7.81. The molecule has 0 heterocycles. The summed E-state index contributed by atoms with van der Waals surface area (Å²) in [4.78, 5) is 0. The Morgan fingerprint density at radius 1 is 1.00 bits per heavy atom. The Labute approximate surface area is 71.7 Å². The van der Waals surface area contributed by atoms with E-state index in [9.17, 15) is 0 Å². The van der Waals surface area contributed by atoms with E-state index >= 15 is 0 Å². The highest BCUT2D eigenvalue weighted by Gasteiger charge is 1.81. The third kappa shape index (κ3) is 9.74. The quantitative estimate of drug-likeness (QED) is 0.381. The van der Waals surface area contributed by atoms with Gasteiger partial charge < -0.3 is 0 Å². The van der Waals surface area contributed by atoms with Crippen molar-refractivity contribution in [1.82, 2.24) is 0 Å². The van der Waals surface area contributed by atoms with Gasteiger partial charge in [-0.05, 0) is 25.7 Å². The summed E-state index contributed by atoms with van der Waals surface area (Å²) in [5.41, 5.74) is 0. The second kappa shape index (κ2) is 9.74. The summed E-state index contributed by atoms with van der Waals surface area (Å²) in [6.45, 7) is 6.04. The van der Waals surface area contributed by atoms with Gasteiger partial charge in [-0.1, -0.05) is 45.3 Å². The van der Waals surface area contributed by atoms with Gasteiger partial charge in [0.25, 0.3) is 0 Å². The van der Waals surface area contributed by atoms with Crippen LogP contribution >= 0.6 is 0 Å². The van der Waals surface area contributed by atoms with Crippen LogP contribution in [-0.4, -0.2) is 0 Å². The van der Waals surface area contributed by atoms with Crippen LogP contribution in [0, 0.1) is 6.92 Å². The lowest BCUT2D eigenvalue weighted by atomic mass is 10.2. The van der Waals surface area contributed by atoms with Crippen molar-refractivity contribution in [2.75, 3.05) is 0 Å². The van der Waals surface area contributed by atoms with E-state index < -0.39 is 0 Å². The van der Waals surface area contributed by atoms with Crippen molar-refractivity contribution < 1.29 is 0 Å². The zero-order chi connectivity index (χ0) is 8.36. The van der Waals surface area contributed by atoms with E-state index in [2.05, 4.69) is 26.0 Å². The topological polar surface area (TPSA) is 0 Å². The molecular weight excluding hydrogens is 132 g/mol. The fraction of sp³-hybridized carbons (Fsp3) is 0.727. The van der Waals surface area contributed by atoms with Crippen molar-refractivity contribution in [1.29, 1.82) is 0 Å². The van der Waals surface area contributed by atoms with E-state index in [-0.39, 0.29) is 0 Å². The normalized spacial score (nSPS) is 11.1. The summed E-state index contributed by atoms with van der Waals surface area (Å²) in [7, 11) is 0. The predicted molar refractivity (Wildman–Crippen MR) is 52.5 cm³/mol. The van der Waals surface area contributed by atoms with Crippen molar-refractivity contribution in [2.24, 2.45) is 0 Å². The number of allylic oxidation sites excluding steroid dienone is 2. The van der Waals surface area contributed by atoms with Crippen molar-refractivity contribution in [3.63, 3.8) is 0 Å². The number of unbranched alkanes of at least 4 members (excludes halogenated alkanes) is 5. The van der Waals surface area contributed by atoms with Gasteiger partial charge in [0.2, 0.25) is 0 Å². The predicted octanol–water partition coefficient (Wildman–Crippen LogP) is 4.13. The van der Waals surface area contributed by atoms with Crippen molar-refractivity contribution >= 4 is 0 Å². The summed E-state index contributed by atoms with van der Waals surface area (Å²) in [6.07, 6.45) is 13.5. The highest BCUT2D eigenvalue weighted by Crippen LogP contribution is 2.01. The molecule has 65 valence electrons. The number of rotatable bonds is 7. The molecule has 0 rings (SSSR count). The van der Waals surface area contributed by atoms with Crippen LogP contribution in [-0.2, 0) is 0 Å². The van der Waals surface area contributed by atoms with Crippen LogP contribution in [0.25, 0.3) is 0 Å². The number of hydrogen-bond acceptors (Lipinski definition) is 0. The molecule has 1 radical (unpaired) electrons. The SMILES string of the molecule is [CH2]CCC/C=C\CCCCC. The molecule has 0 spiro atoms. The van der Waals surface area contributed by atoms with E-state index in [0.717, 1.165) is 6.42 Å². The largest absolute Gasteiger partial charge is 0.0885 e. The first-order chi connectivity index (χ1) is 5.41. The molecule has 0 aliphatic heterocycles. The molecule has 0 aromatic carbocycles. The van der Waals surface area contributed by atoms with Gasteiger partial charge in [0.05, 0.1) is 0 Å². The van der Waals surface area contributed by atoms with Gasteiger partial charge in [-0.3, -0.25) is 0 Å². The average Bonchev–Trinajstić information content (AvgIpc) is 2.03. The average molecular weight is 153 g/mol. The minimum Gasteiger partial charge on any atom is -0.0885 e. The molecule has 0 unspecified atom stereocenters. The Kier molecular flexibility index (Phi) is 9.51. The van der Waals surface area contributed by atoms with Crippen molar-refractivity contribution in [3.05, 3.63) is 19.1 Å². The van der Waals surface area contributed by atoms with Crippen LogP contribution in [0.4, 0.5) is 0 Å². The number of hydrogen-bond donors (Lipinski definition) is 0. The first-order valence-corrected chi connectivity index (χ1v) is 4.86. The van der Waals surface area contributed by atoms with Crippen LogP contribution in [0.5, 0.6) is 0 Å². The lowest BCUT2D eigenvalue weighted by molar-refractivity contribution is 0.727. The molecule has 0 aromatic heterocycles. The molecular formula is C11H21. The molecule has 0 N–H and O–H groups in total. The molecule has 0 aliphatic carbocycles. The Balaban J connectivity index is 2.91. The fourth-order valence-corrected chi connectivity index (χ4v) is 1.01. The zero-order valence-electron chi connectivity index (χ0n) is 7.81. The van der Waals surface area contributed by atoms with Crippen molar-refractivity contribution in [2.45, 2.75) is 51.9 Å². The highest BCUT2D eigenvalue weighted by atomic mass is 13.9. The monoisotopic (exact) mass is 153 g/mol. The summed E-state index contributed by atoms with van der Waals surface area (Å²) in [5.74, 6) is 0. The minimum absolute atomic E-state index is 1.07. The van der Waals surface area contributed by atoms with Crippen LogP contribution < -0.4 is 0 Å². The Hall–Kier alpha value is -0.260. The van der Waals surface area contributed by atoms with Crippen LogP contribution in [0.15, 0.2) is 12.2 Å². The third-order valence-electron chi connectivity index (χ3n) is 1.76. The Morgan fingerprint density at radius 3 is 2.18 bits per heavy atom. The maximum Gasteiger partial charge on any atom is -0.0351 e. The lowest BCUT2D eigenvalue weighted by Gasteiger charge is -1.91. The molecule has 0 bridgehead atoms. The van der Waals surface area contributed by atoms with Gasteiger partial charge >= 0.3 is 0 Å². The van der Waals surface area contributed by atoms with Crippen LogP contribution in [0.2, 0.25) is 0 Å². The first kappa shape index (κ1) is 10.7. The van der Waals surface area contributed by atoms with Crippen LogP contribution in [0.3, 0.4) is 0 Å². The van der Waals surface area contributed by atoms with Crippen LogP contribution in [0.1, 0.15) is 51.9 Å². The summed E-state index contributed by atoms with van der Waals surface area (Å²) < 4.78 is 0. The van der Waals surface area contributed by atoms with Gasteiger partial charge in [-0.25, -0.2) is 0 Å². The van der Waals surface area contributed by atoms with Crippen molar-refractivity contribution in [3.8, 4) is 0 Å². The van der Waals surface area contributed by atoms with E-state index in [1.807, 2.05) is 0 Å². The minimum atomic E-state index is 1.07. The third-order valence-corrected chi connectivity index (χ3v) is 1.76. The van der Waals surface area contributed by atoms with Gasteiger partial charge in [-0.2, -0.15) is 0 Å². The molecule has 0 aliphatic rings. The Bertz CT molecular complexity index is 82.0. The summed E-state index contributed by atoms with van der Waals surface area (Å²) >= 11 is 0. The van der Waals surface area contributed by atoms with Gasteiger partial charge in [0.15, 0.2) is 0 Å². The molecule has 0 amide bonds. The first-order valence-electron chi connectivity index (χ1n) is 4.86. The maximum atomic E-state index is 3.80. The molecule has 0 fully saturated rings. The molecule has 0 aromatic rings. The van der Waals surface area contributed by atoms with E-state index in [1.165, 1.54) is 38.5 Å². The van der Waals surface area contributed by atoms with E-state index in [0.29, 0.717) is 0 Å². The second-order valence-corrected chi connectivity index (χ2v) is 2.96. The van der Waals surface area contributed by atoms with E-state index in [1.54, 1.807) is 0 Å². The molecule has 11 heavy (non-hydrogen) atoms. The molecule has 0 saturated carbocycles. The summed E-state index contributed by atoms with van der Waals surface area (Å²) in [6, 6.07) is 0. The summed E-state index contributed by atoms with van der Waals surface area (Å²) in [5, 5.41) is 0. The van der Waals surface area contributed by atoms with E-state index in [4.69, 9.17) is 0 Å². The lowest BCUT2D eigenvalue weighted by Crippen LogP contribution is -1.71. The molecule has 0 nitrogen and oxygen atoms in total. The second-order valence-electron chi connectivity index (χ2n) is 2.96. The smallest absolute Gasteiger partial charge is 0.0351 e. The highest BCUT2D eigenvalue weighted by molar-refractivity contribution is 4.81.